The second kappa shape index (κ2) is 8.27. The van der Waals surface area contributed by atoms with Gasteiger partial charge in [0.05, 0.1) is 5.69 Å². The lowest BCUT2D eigenvalue weighted by Gasteiger charge is -2.37. The first-order valence-corrected chi connectivity index (χ1v) is 9.40. The normalized spacial score (nSPS) is 16.4. The minimum Gasteiger partial charge on any atom is -0.349 e. The van der Waals surface area contributed by atoms with Gasteiger partial charge in [-0.2, -0.15) is 0 Å². The number of hydrogen-bond acceptors (Lipinski definition) is 2. The molecular formula is C22H23FN4O. The van der Waals surface area contributed by atoms with Crippen LogP contribution in [0.3, 0.4) is 0 Å². The van der Waals surface area contributed by atoms with Gasteiger partial charge in [0, 0.05) is 44.1 Å². The van der Waals surface area contributed by atoms with E-state index in [9.17, 15) is 9.18 Å². The van der Waals surface area contributed by atoms with Crippen LogP contribution < -0.4 is 10.6 Å². The van der Waals surface area contributed by atoms with Crippen LogP contribution in [0.4, 0.5) is 14.9 Å². The standard InChI is InChI=1S/C22H23FN4O/c23-20-10-4-5-11-21(20)25-22(28)24-13-19-16-26-12-6-9-18(26)15-27(19)14-17-7-2-1-3-8-17/h1-12,19H,13-16H2,(H2,24,25,28). The van der Waals surface area contributed by atoms with Crippen molar-refractivity contribution in [2.75, 3.05) is 11.9 Å². The SMILES string of the molecule is O=C(NCC1Cn2cccc2CN1Cc1ccccc1)Nc1ccccc1F. The Kier molecular flexibility index (Phi) is 5.39. The maximum absolute atomic E-state index is 13.7. The van der Waals surface area contributed by atoms with Gasteiger partial charge in [-0.05, 0) is 29.8 Å². The summed E-state index contributed by atoms with van der Waals surface area (Å²) in [5.41, 5.74) is 2.68. The molecular weight excluding hydrogens is 355 g/mol. The maximum atomic E-state index is 13.7. The lowest BCUT2D eigenvalue weighted by molar-refractivity contribution is 0.130. The molecule has 0 bridgehead atoms. The van der Waals surface area contributed by atoms with Crippen molar-refractivity contribution in [2.45, 2.75) is 25.7 Å². The molecule has 2 aromatic carbocycles. The number of carbonyl (C=O) groups is 1. The van der Waals surface area contributed by atoms with E-state index in [4.69, 9.17) is 0 Å². The molecule has 4 rings (SSSR count). The fourth-order valence-electron chi connectivity index (χ4n) is 3.59. The summed E-state index contributed by atoms with van der Waals surface area (Å²) in [6.07, 6.45) is 2.07. The summed E-state index contributed by atoms with van der Waals surface area (Å²) in [5, 5.41) is 5.47. The number of amides is 2. The molecule has 1 aliphatic heterocycles. The summed E-state index contributed by atoms with van der Waals surface area (Å²) in [4.78, 5) is 14.6. The van der Waals surface area contributed by atoms with Crippen molar-refractivity contribution in [3.8, 4) is 0 Å². The number of hydrogen-bond donors (Lipinski definition) is 2. The molecule has 0 saturated carbocycles. The van der Waals surface area contributed by atoms with Gasteiger partial charge in [0.15, 0.2) is 0 Å². The number of aromatic nitrogens is 1. The number of para-hydroxylation sites is 1. The van der Waals surface area contributed by atoms with Gasteiger partial charge in [0.1, 0.15) is 5.82 Å². The van der Waals surface area contributed by atoms with Crippen LogP contribution in [0.5, 0.6) is 0 Å². The number of carbonyl (C=O) groups excluding carboxylic acids is 1. The molecule has 2 N–H and O–H groups in total. The Labute approximate surface area is 163 Å². The number of nitrogens with zero attached hydrogens (tertiary/aromatic N) is 2. The van der Waals surface area contributed by atoms with E-state index in [1.165, 1.54) is 17.3 Å². The Morgan fingerprint density at radius 3 is 2.64 bits per heavy atom. The Hall–Kier alpha value is -3.12. The van der Waals surface area contributed by atoms with Gasteiger partial charge in [-0.25, -0.2) is 9.18 Å². The van der Waals surface area contributed by atoms with E-state index >= 15 is 0 Å². The second-order valence-electron chi connectivity index (χ2n) is 7.01. The predicted molar refractivity (Wildman–Crippen MR) is 107 cm³/mol. The molecule has 0 saturated heterocycles. The molecule has 2 heterocycles. The number of urea groups is 1. The smallest absolute Gasteiger partial charge is 0.319 e. The van der Waals surface area contributed by atoms with Gasteiger partial charge >= 0.3 is 6.03 Å². The topological polar surface area (TPSA) is 49.3 Å². The molecule has 3 aromatic rings. The van der Waals surface area contributed by atoms with Crippen LogP contribution in [0, 0.1) is 5.82 Å². The fourth-order valence-corrected chi connectivity index (χ4v) is 3.59. The monoisotopic (exact) mass is 378 g/mol. The molecule has 0 fully saturated rings. The number of benzene rings is 2. The average molecular weight is 378 g/mol. The summed E-state index contributed by atoms with van der Waals surface area (Å²) in [6.45, 7) is 2.91. The molecule has 1 unspecified atom stereocenters. The quantitative estimate of drug-likeness (QED) is 0.709. The second-order valence-corrected chi connectivity index (χ2v) is 7.01. The first-order chi connectivity index (χ1) is 13.7. The highest BCUT2D eigenvalue weighted by molar-refractivity contribution is 5.89. The van der Waals surface area contributed by atoms with E-state index in [-0.39, 0.29) is 11.7 Å². The van der Waals surface area contributed by atoms with Crippen LogP contribution in [0.2, 0.25) is 0 Å². The van der Waals surface area contributed by atoms with Crippen LogP contribution >= 0.6 is 0 Å². The van der Waals surface area contributed by atoms with Crippen molar-refractivity contribution < 1.29 is 9.18 Å². The minimum atomic E-state index is -0.446. The average Bonchev–Trinajstić information content (AvgIpc) is 3.16. The van der Waals surface area contributed by atoms with Crippen molar-refractivity contribution >= 4 is 11.7 Å². The van der Waals surface area contributed by atoms with Crippen LogP contribution in [0.25, 0.3) is 0 Å². The Morgan fingerprint density at radius 2 is 1.82 bits per heavy atom. The van der Waals surface area contributed by atoms with Crippen molar-refractivity contribution in [3.05, 3.63) is 90.0 Å². The molecule has 5 nitrogen and oxygen atoms in total. The van der Waals surface area contributed by atoms with Crippen LogP contribution in [-0.4, -0.2) is 28.1 Å². The first kappa shape index (κ1) is 18.3. The number of halogens is 1. The van der Waals surface area contributed by atoms with E-state index in [1.807, 2.05) is 18.2 Å². The lowest BCUT2D eigenvalue weighted by Crippen LogP contribution is -2.49. The zero-order valence-corrected chi connectivity index (χ0v) is 15.5. The number of rotatable bonds is 5. The lowest BCUT2D eigenvalue weighted by atomic mass is 10.1. The molecule has 144 valence electrons. The van der Waals surface area contributed by atoms with Crippen molar-refractivity contribution in [1.82, 2.24) is 14.8 Å². The number of anilines is 1. The Bertz CT molecular complexity index is 940. The van der Waals surface area contributed by atoms with E-state index in [0.29, 0.717) is 6.54 Å². The summed E-state index contributed by atoms with van der Waals surface area (Å²) in [5.74, 6) is -0.446. The van der Waals surface area contributed by atoms with Crippen molar-refractivity contribution in [2.24, 2.45) is 0 Å². The van der Waals surface area contributed by atoms with Gasteiger partial charge in [-0.1, -0.05) is 42.5 Å². The van der Waals surface area contributed by atoms with Gasteiger partial charge < -0.3 is 15.2 Å². The summed E-state index contributed by atoms with van der Waals surface area (Å²) >= 11 is 0. The summed E-state index contributed by atoms with van der Waals surface area (Å²) in [7, 11) is 0. The Balaban J connectivity index is 1.42. The summed E-state index contributed by atoms with van der Waals surface area (Å²) < 4.78 is 15.9. The van der Waals surface area contributed by atoms with Crippen LogP contribution in [-0.2, 0) is 19.6 Å². The number of nitrogens with one attached hydrogen (secondary N) is 2. The van der Waals surface area contributed by atoms with E-state index < -0.39 is 11.8 Å². The summed E-state index contributed by atoms with van der Waals surface area (Å²) in [6, 6.07) is 20.4. The van der Waals surface area contributed by atoms with Crippen molar-refractivity contribution in [3.63, 3.8) is 0 Å². The van der Waals surface area contributed by atoms with E-state index in [0.717, 1.165) is 19.6 Å². The van der Waals surface area contributed by atoms with Gasteiger partial charge in [0.25, 0.3) is 0 Å². The van der Waals surface area contributed by atoms with E-state index in [1.54, 1.807) is 18.2 Å². The van der Waals surface area contributed by atoms with Gasteiger partial charge in [-0.3, -0.25) is 4.90 Å². The molecule has 2 amide bonds. The Morgan fingerprint density at radius 1 is 1.04 bits per heavy atom. The highest BCUT2D eigenvalue weighted by Gasteiger charge is 2.26. The molecule has 28 heavy (non-hydrogen) atoms. The molecule has 0 aliphatic carbocycles. The molecule has 0 spiro atoms. The third-order valence-electron chi connectivity index (χ3n) is 5.06. The molecule has 1 aromatic heterocycles. The predicted octanol–water partition coefficient (Wildman–Crippen LogP) is 3.83. The van der Waals surface area contributed by atoms with Gasteiger partial charge in [0.2, 0.25) is 0 Å². The minimum absolute atomic E-state index is 0.145. The number of fused-ring (bicyclic) bond motifs is 1. The highest BCUT2D eigenvalue weighted by atomic mass is 19.1. The third kappa shape index (κ3) is 4.23. The highest BCUT2D eigenvalue weighted by Crippen LogP contribution is 2.20. The van der Waals surface area contributed by atoms with Crippen molar-refractivity contribution in [1.29, 1.82) is 0 Å². The first-order valence-electron chi connectivity index (χ1n) is 9.40. The molecule has 1 atom stereocenters. The molecule has 6 heteroatoms. The zero-order valence-electron chi connectivity index (χ0n) is 15.5. The fraction of sp³-hybridized carbons (Fsp3) is 0.227. The maximum Gasteiger partial charge on any atom is 0.319 e. The largest absolute Gasteiger partial charge is 0.349 e. The van der Waals surface area contributed by atoms with Gasteiger partial charge in [-0.15, -0.1) is 0 Å². The van der Waals surface area contributed by atoms with E-state index in [2.05, 4.69) is 50.6 Å². The third-order valence-corrected chi connectivity index (χ3v) is 5.06. The molecule has 0 radical (unpaired) electrons. The zero-order chi connectivity index (χ0) is 19.3. The van der Waals surface area contributed by atoms with Crippen LogP contribution in [0.15, 0.2) is 72.9 Å². The molecule has 1 aliphatic rings. The van der Waals surface area contributed by atoms with Crippen LogP contribution in [0.1, 0.15) is 11.3 Å².